The van der Waals surface area contributed by atoms with Gasteiger partial charge in [-0.1, -0.05) is 44.2 Å². The van der Waals surface area contributed by atoms with Crippen molar-refractivity contribution < 1.29 is 17.6 Å². The zero-order chi connectivity index (χ0) is 23.6. The number of halogens is 1. The molecule has 0 saturated carbocycles. The lowest BCUT2D eigenvalue weighted by Gasteiger charge is -2.37. The molecule has 5 nitrogen and oxygen atoms in total. The lowest BCUT2D eigenvalue weighted by Crippen LogP contribution is -2.47. The average Bonchev–Trinajstić information content (AvgIpc) is 3.28. The van der Waals surface area contributed by atoms with Crippen molar-refractivity contribution in [2.24, 2.45) is 5.92 Å². The molecule has 0 aliphatic carbocycles. The third-order valence-electron chi connectivity index (χ3n) is 5.73. The van der Waals surface area contributed by atoms with Crippen LogP contribution in [0, 0.1) is 11.7 Å². The molecule has 4 rings (SSSR count). The number of hydrogen-bond acceptors (Lipinski definition) is 4. The van der Waals surface area contributed by atoms with Crippen molar-refractivity contribution in [2.75, 3.05) is 19.6 Å². The topological polar surface area (TPSA) is 57.7 Å². The van der Waals surface area contributed by atoms with E-state index in [1.807, 2.05) is 25.3 Å². The van der Waals surface area contributed by atoms with Gasteiger partial charge >= 0.3 is 0 Å². The van der Waals surface area contributed by atoms with E-state index in [9.17, 15) is 17.6 Å². The van der Waals surface area contributed by atoms with E-state index in [1.54, 1.807) is 58.7 Å². The fourth-order valence-electron chi connectivity index (χ4n) is 4.23. The van der Waals surface area contributed by atoms with Crippen LogP contribution in [0.2, 0.25) is 0 Å². The van der Waals surface area contributed by atoms with Crippen LogP contribution in [-0.4, -0.2) is 43.2 Å². The van der Waals surface area contributed by atoms with Gasteiger partial charge in [0, 0.05) is 18.0 Å². The largest absolute Gasteiger partial charge is 0.330 e. The highest BCUT2D eigenvalue weighted by Crippen LogP contribution is 2.38. The molecular weight excluding hydrogens is 459 g/mol. The summed E-state index contributed by atoms with van der Waals surface area (Å²) in [5, 5.41) is 2.00. The highest BCUT2D eigenvalue weighted by molar-refractivity contribution is 7.89. The van der Waals surface area contributed by atoms with Gasteiger partial charge in [0.25, 0.3) is 0 Å². The summed E-state index contributed by atoms with van der Waals surface area (Å²) in [6.07, 6.45) is 0.714. The van der Waals surface area contributed by atoms with Gasteiger partial charge < -0.3 is 4.90 Å². The maximum absolute atomic E-state index is 13.6. The lowest BCUT2D eigenvalue weighted by atomic mass is 9.93. The summed E-state index contributed by atoms with van der Waals surface area (Å²) in [7, 11) is -3.83. The van der Waals surface area contributed by atoms with Gasteiger partial charge in [-0.2, -0.15) is 4.31 Å². The van der Waals surface area contributed by atoms with Crippen LogP contribution in [0.25, 0.3) is 0 Å². The van der Waals surface area contributed by atoms with E-state index in [-0.39, 0.29) is 41.7 Å². The van der Waals surface area contributed by atoms with Crippen LogP contribution in [-0.2, 0) is 21.2 Å². The van der Waals surface area contributed by atoms with Crippen molar-refractivity contribution >= 4 is 27.3 Å². The Morgan fingerprint density at radius 1 is 1.12 bits per heavy atom. The minimum absolute atomic E-state index is 0.0500. The molecule has 3 aromatic rings. The van der Waals surface area contributed by atoms with E-state index < -0.39 is 10.0 Å². The number of amides is 1. The average molecular weight is 487 g/mol. The first-order valence-corrected chi connectivity index (χ1v) is 13.3. The number of hydrogen-bond donors (Lipinski definition) is 0. The van der Waals surface area contributed by atoms with Crippen LogP contribution >= 0.6 is 11.3 Å². The molecule has 2 heterocycles. The minimum Gasteiger partial charge on any atom is -0.330 e. The molecule has 0 bridgehead atoms. The van der Waals surface area contributed by atoms with Crippen LogP contribution in [0.4, 0.5) is 4.39 Å². The molecule has 2 aromatic carbocycles. The van der Waals surface area contributed by atoms with Gasteiger partial charge in [0.15, 0.2) is 0 Å². The Balaban J connectivity index is 1.66. The molecule has 0 spiro atoms. The number of thiophene rings is 1. The molecule has 1 amide bonds. The normalized spacial score (nSPS) is 16.3. The Bertz CT molecular complexity index is 1210. The predicted molar refractivity (Wildman–Crippen MR) is 128 cm³/mol. The quantitative estimate of drug-likeness (QED) is 0.486. The zero-order valence-electron chi connectivity index (χ0n) is 18.6. The third-order valence-corrected chi connectivity index (χ3v) is 8.56. The number of carbonyl (C=O) groups excluding carboxylic acids is 1. The Morgan fingerprint density at radius 3 is 2.48 bits per heavy atom. The van der Waals surface area contributed by atoms with Crippen molar-refractivity contribution in [2.45, 2.75) is 31.2 Å². The van der Waals surface area contributed by atoms with Gasteiger partial charge in [-0.25, -0.2) is 12.8 Å². The smallest absolute Gasteiger partial charge is 0.243 e. The second-order valence-electron chi connectivity index (χ2n) is 8.59. The Kier molecular flexibility index (Phi) is 6.97. The first-order valence-electron chi connectivity index (χ1n) is 10.9. The molecular formula is C25H27FN2O3S2. The number of benzene rings is 2. The summed E-state index contributed by atoms with van der Waals surface area (Å²) >= 11 is 1.65. The SMILES string of the molecule is CC(C)CN(CC(=O)N1CCc2sccc2C1c1ccc(F)cc1)S(=O)(=O)c1ccccc1. The molecule has 0 radical (unpaired) electrons. The van der Waals surface area contributed by atoms with E-state index in [0.29, 0.717) is 13.0 Å². The Morgan fingerprint density at radius 2 is 1.82 bits per heavy atom. The second kappa shape index (κ2) is 9.75. The van der Waals surface area contributed by atoms with Crippen molar-refractivity contribution in [3.05, 3.63) is 87.9 Å². The van der Waals surface area contributed by atoms with Gasteiger partial charge in [-0.15, -0.1) is 11.3 Å². The molecule has 1 aromatic heterocycles. The lowest BCUT2D eigenvalue weighted by molar-refractivity contribution is -0.133. The number of carbonyl (C=O) groups is 1. The van der Waals surface area contributed by atoms with E-state index >= 15 is 0 Å². The fourth-order valence-corrected chi connectivity index (χ4v) is 6.71. The van der Waals surface area contributed by atoms with Gasteiger partial charge in [-0.3, -0.25) is 4.79 Å². The summed E-state index contributed by atoms with van der Waals surface area (Å²) in [6, 6.07) is 16.0. The molecule has 1 aliphatic rings. The summed E-state index contributed by atoms with van der Waals surface area (Å²) < 4.78 is 41.6. The van der Waals surface area contributed by atoms with Gasteiger partial charge in [0.05, 0.1) is 17.5 Å². The van der Waals surface area contributed by atoms with Gasteiger partial charge in [0.2, 0.25) is 15.9 Å². The van der Waals surface area contributed by atoms with Crippen molar-refractivity contribution in [3.8, 4) is 0 Å². The third kappa shape index (κ3) is 5.03. The monoisotopic (exact) mass is 486 g/mol. The molecule has 33 heavy (non-hydrogen) atoms. The molecule has 1 atom stereocenters. The fraction of sp³-hybridized carbons (Fsp3) is 0.320. The molecule has 8 heteroatoms. The number of fused-ring (bicyclic) bond motifs is 1. The highest BCUT2D eigenvalue weighted by Gasteiger charge is 2.35. The van der Waals surface area contributed by atoms with Crippen LogP contribution in [0.1, 0.15) is 35.9 Å². The summed E-state index contributed by atoms with van der Waals surface area (Å²) in [5.41, 5.74) is 1.83. The van der Waals surface area contributed by atoms with Crippen LogP contribution in [0.5, 0.6) is 0 Å². The molecule has 0 fully saturated rings. The molecule has 0 N–H and O–H groups in total. The Hall–Kier alpha value is -2.55. The highest BCUT2D eigenvalue weighted by atomic mass is 32.2. The zero-order valence-corrected chi connectivity index (χ0v) is 20.3. The maximum atomic E-state index is 13.6. The first kappa shape index (κ1) is 23.6. The summed E-state index contributed by atoms with van der Waals surface area (Å²) in [6.45, 7) is 4.33. The van der Waals surface area contributed by atoms with Gasteiger partial charge in [0.1, 0.15) is 5.82 Å². The number of nitrogens with zero attached hydrogens (tertiary/aromatic N) is 2. The molecule has 1 aliphatic heterocycles. The molecule has 1 unspecified atom stereocenters. The van der Waals surface area contributed by atoms with E-state index in [1.165, 1.54) is 21.3 Å². The Labute approximate surface area is 198 Å². The molecule has 0 saturated heterocycles. The van der Waals surface area contributed by atoms with Crippen molar-refractivity contribution in [1.29, 1.82) is 0 Å². The van der Waals surface area contributed by atoms with Crippen molar-refractivity contribution in [1.82, 2.24) is 9.21 Å². The number of rotatable bonds is 7. The van der Waals surface area contributed by atoms with Gasteiger partial charge in [-0.05, 0) is 59.2 Å². The summed E-state index contributed by atoms with van der Waals surface area (Å²) in [4.78, 5) is 16.7. The second-order valence-corrected chi connectivity index (χ2v) is 11.5. The number of sulfonamides is 1. The maximum Gasteiger partial charge on any atom is 0.243 e. The predicted octanol–water partition coefficient (Wildman–Crippen LogP) is 4.71. The summed E-state index contributed by atoms with van der Waals surface area (Å²) in [5.74, 6) is -0.551. The van der Waals surface area contributed by atoms with Crippen LogP contribution < -0.4 is 0 Å². The molecule has 174 valence electrons. The van der Waals surface area contributed by atoms with E-state index in [0.717, 1.165) is 11.1 Å². The first-order chi connectivity index (χ1) is 15.8. The standard InChI is InChI=1S/C25H27FN2O3S2/c1-18(2)16-27(33(30,31)21-6-4-3-5-7-21)17-24(29)28-14-12-23-22(13-15-32-23)25(28)19-8-10-20(26)11-9-19/h3-11,13,15,18,25H,12,14,16-17H2,1-2H3. The van der Waals surface area contributed by atoms with E-state index in [4.69, 9.17) is 0 Å². The van der Waals surface area contributed by atoms with Crippen molar-refractivity contribution in [3.63, 3.8) is 0 Å². The van der Waals surface area contributed by atoms with E-state index in [2.05, 4.69) is 0 Å². The van der Waals surface area contributed by atoms with Crippen LogP contribution in [0.15, 0.2) is 70.9 Å². The van der Waals surface area contributed by atoms with Crippen LogP contribution in [0.3, 0.4) is 0 Å². The minimum atomic E-state index is -3.83.